The quantitative estimate of drug-likeness (QED) is 0.476. The largest absolute Gasteiger partial charge is 0.353 e. The topological polar surface area (TPSA) is 114 Å². The van der Waals surface area contributed by atoms with Crippen LogP contribution in [0.1, 0.15) is 5.69 Å². The zero-order valence-corrected chi connectivity index (χ0v) is 15.9. The van der Waals surface area contributed by atoms with Crippen LogP contribution in [-0.4, -0.2) is 44.7 Å². The molecule has 6 aromatic rings. The molecule has 0 saturated carbocycles. The maximum Gasteiger partial charge on any atom is 0.155 e. The SMILES string of the molecule is Cc1cn(-c2nccc3[nH]c(-c4n[nH]c5ncc(-c6cnccn6)cc45)cc23)cn1. The normalized spacial score (nSPS) is 11.5. The van der Waals surface area contributed by atoms with E-state index >= 15 is 0 Å². The number of hydrogen-bond acceptors (Lipinski definition) is 6. The van der Waals surface area contributed by atoms with Gasteiger partial charge < -0.3 is 4.98 Å². The third-order valence-corrected chi connectivity index (χ3v) is 5.01. The molecule has 0 aliphatic carbocycles. The Kier molecular flexibility index (Phi) is 3.48. The van der Waals surface area contributed by atoms with Crippen molar-refractivity contribution in [1.82, 2.24) is 44.7 Å². The number of rotatable bonds is 3. The number of aryl methyl sites for hydroxylation is 1. The molecule has 0 unspecified atom stereocenters. The Morgan fingerprint density at radius 2 is 1.90 bits per heavy atom. The highest BCUT2D eigenvalue weighted by Crippen LogP contribution is 2.31. The first-order valence-electron chi connectivity index (χ1n) is 9.36. The lowest BCUT2D eigenvalue weighted by Gasteiger charge is -2.01. The number of nitrogens with one attached hydrogen (secondary N) is 2. The molecule has 0 bridgehead atoms. The van der Waals surface area contributed by atoms with Crippen LogP contribution in [0.3, 0.4) is 0 Å². The summed E-state index contributed by atoms with van der Waals surface area (Å²) >= 11 is 0. The van der Waals surface area contributed by atoms with E-state index in [2.05, 4.69) is 46.2 Å². The van der Waals surface area contributed by atoms with Crippen molar-refractivity contribution in [1.29, 1.82) is 0 Å². The van der Waals surface area contributed by atoms with Crippen LogP contribution >= 0.6 is 0 Å². The van der Waals surface area contributed by atoms with Gasteiger partial charge in [0, 0.05) is 47.3 Å². The van der Waals surface area contributed by atoms with E-state index in [1.165, 1.54) is 0 Å². The smallest absolute Gasteiger partial charge is 0.155 e. The van der Waals surface area contributed by atoms with Crippen LogP contribution in [0.2, 0.25) is 0 Å². The fourth-order valence-electron chi connectivity index (χ4n) is 3.61. The predicted molar refractivity (Wildman–Crippen MR) is 112 cm³/mol. The molecule has 0 radical (unpaired) electrons. The summed E-state index contributed by atoms with van der Waals surface area (Å²) in [4.78, 5) is 25.3. The first kappa shape index (κ1) is 16.5. The standard InChI is InChI=1S/C21H15N9/c1-12-10-30(11-26-12)21-14-7-17(27-16(14)2-3-24-21)19-15-6-13(8-25-20(15)29-28-19)18-9-22-4-5-23-18/h2-11,27H,1H3,(H,25,28,29). The summed E-state index contributed by atoms with van der Waals surface area (Å²) in [6.45, 7) is 1.96. The Labute approximate surface area is 169 Å². The molecule has 6 aromatic heterocycles. The molecule has 0 fully saturated rings. The summed E-state index contributed by atoms with van der Waals surface area (Å²) in [6.07, 6.45) is 12.3. The molecule has 2 N–H and O–H groups in total. The van der Waals surface area contributed by atoms with E-state index in [9.17, 15) is 0 Å². The number of pyridine rings is 2. The van der Waals surface area contributed by atoms with Crippen molar-refractivity contribution >= 4 is 21.9 Å². The van der Waals surface area contributed by atoms with Crippen LogP contribution in [0.5, 0.6) is 0 Å². The van der Waals surface area contributed by atoms with E-state index in [1.807, 2.05) is 29.8 Å². The third-order valence-electron chi connectivity index (χ3n) is 5.01. The number of hydrogen-bond donors (Lipinski definition) is 2. The van der Waals surface area contributed by atoms with Gasteiger partial charge in [-0.2, -0.15) is 5.10 Å². The zero-order valence-electron chi connectivity index (χ0n) is 15.9. The minimum Gasteiger partial charge on any atom is -0.353 e. The fourth-order valence-corrected chi connectivity index (χ4v) is 3.61. The van der Waals surface area contributed by atoms with Gasteiger partial charge in [-0.05, 0) is 25.1 Å². The van der Waals surface area contributed by atoms with Crippen molar-refractivity contribution in [3.05, 3.63) is 67.4 Å². The van der Waals surface area contributed by atoms with Gasteiger partial charge >= 0.3 is 0 Å². The van der Waals surface area contributed by atoms with Gasteiger partial charge in [-0.25, -0.2) is 15.0 Å². The van der Waals surface area contributed by atoms with Crippen LogP contribution in [0, 0.1) is 6.92 Å². The van der Waals surface area contributed by atoms with Crippen LogP contribution < -0.4 is 0 Å². The number of aromatic amines is 2. The van der Waals surface area contributed by atoms with Gasteiger partial charge in [0.1, 0.15) is 17.8 Å². The highest BCUT2D eigenvalue weighted by molar-refractivity contribution is 5.97. The van der Waals surface area contributed by atoms with Gasteiger partial charge in [-0.1, -0.05) is 0 Å². The number of nitrogens with zero attached hydrogens (tertiary/aromatic N) is 7. The summed E-state index contributed by atoms with van der Waals surface area (Å²) in [6, 6.07) is 6.02. The van der Waals surface area contributed by atoms with Crippen LogP contribution in [0.25, 0.3) is 50.4 Å². The lowest BCUT2D eigenvalue weighted by Crippen LogP contribution is -1.94. The minimum atomic E-state index is 0.708. The van der Waals surface area contributed by atoms with Crippen LogP contribution in [0.15, 0.2) is 61.7 Å². The zero-order chi connectivity index (χ0) is 20.1. The average molecular weight is 393 g/mol. The van der Waals surface area contributed by atoms with Gasteiger partial charge in [0.25, 0.3) is 0 Å². The third kappa shape index (κ3) is 2.56. The molecule has 9 nitrogen and oxygen atoms in total. The van der Waals surface area contributed by atoms with Crippen LogP contribution in [0.4, 0.5) is 0 Å². The predicted octanol–water partition coefficient (Wildman–Crippen LogP) is 3.45. The van der Waals surface area contributed by atoms with Crippen molar-refractivity contribution in [2.75, 3.05) is 0 Å². The molecule has 0 spiro atoms. The van der Waals surface area contributed by atoms with E-state index in [-0.39, 0.29) is 0 Å². The molecule has 30 heavy (non-hydrogen) atoms. The van der Waals surface area contributed by atoms with Gasteiger partial charge in [-0.15, -0.1) is 0 Å². The Balaban J connectivity index is 1.52. The fraction of sp³-hybridized carbons (Fsp3) is 0.0476. The number of fused-ring (bicyclic) bond motifs is 2. The molecular formula is C21H15N9. The molecule has 9 heteroatoms. The average Bonchev–Trinajstić information content (AvgIpc) is 3.51. The lowest BCUT2D eigenvalue weighted by molar-refractivity contribution is 1.01. The second-order valence-electron chi connectivity index (χ2n) is 6.98. The Hall–Kier alpha value is -4.40. The van der Waals surface area contributed by atoms with E-state index in [0.29, 0.717) is 5.65 Å². The maximum atomic E-state index is 4.55. The summed E-state index contributed by atoms with van der Waals surface area (Å²) in [7, 11) is 0. The van der Waals surface area contributed by atoms with Crippen LogP contribution in [-0.2, 0) is 0 Å². The second-order valence-corrected chi connectivity index (χ2v) is 6.98. The summed E-state index contributed by atoms with van der Waals surface area (Å²) in [5, 5.41) is 9.41. The summed E-state index contributed by atoms with van der Waals surface area (Å²) < 4.78 is 1.92. The molecule has 6 heterocycles. The second kappa shape index (κ2) is 6.31. The molecule has 0 aromatic carbocycles. The summed E-state index contributed by atoms with van der Waals surface area (Å²) in [5.41, 5.74) is 5.91. The van der Waals surface area contributed by atoms with Crippen molar-refractivity contribution in [2.24, 2.45) is 0 Å². The lowest BCUT2D eigenvalue weighted by atomic mass is 10.1. The molecule has 0 saturated heterocycles. The van der Waals surface area contributed by atoms with Gasteiger partial charge in [-0.3, -0.25) is 19.6 Å². The number of aromatic nitrogens is 9. The van der Waals surface area contributed by atoms with Crippen molar-refractivity contribution in [3.8, 4) is 28.5 Å². The molecule has 0 atom stereocenters. The van der Waals surface area contributed by atoms with Crippen molar-refractivity contribution in [3.63, 3.8) is 0 Å². The van der Waals surface area contributed by atoms with E-state index < -0.39 is 0 Å². The van der Waals surface area contributed by atoms with Crippen molar-refractivity contribution in [2.45, 2.75) is 6.92 Å². The number of imidazole rings is 1. The Morgan fingerprint density at radius 1 is 0.933 bits per heavy atom. The monoisotopic (exact) mass is 393 g/mol. The summed E-state index contributed by atoms with van der Waals surface area (Å²) in [5.74, 6) is 0.814. The van der Waals surface area contributed by atoms with Crippen molar-refractivity contribution < 1.29 is 0 Å². The molecule has 6 rings (SSSR count). The Bertz CT molecular complexity index is 1510. The van der Waals surface area contributed by atoms with E-state index in [1.54, 1.807) is 37.3 Å². The molecule has 144 valence electrons. The maximum absolute atomic E-state index is 4.55. The molecule has 0 amide bonds. The molecule has 0 aliphatic rings. The van der Waals surface area contributed by atoms with E-state index in [4.69, 9.17) is 0 Å². The van der Waals surface area contributed by atoms with E-state index in [0.717, 1.165) is 50.4 Å². The van der Waals surface area contributed by atoms with Gasteiger partial charge in [0.2, 0.25) is 0 Å². The first-order valence-corrected chi connectivity index (χ1v) is 9.36. The van der Waals surface area contributed by atoms with Gasteiger partial charge in [0.05, 0.1) is 28.8 Å². The highest BCUT2D eigenvalue weighted by atomic mass is 15.2. The molecule has 0 aliphatic heterocycles. The highest BCUT2D eigenvalue weighted by Gasteiger charge is 2.15. The first-order chi connectivity index (χ1) is 14.8. The number of H-pyrrole nitrogens is 2. The Morgan fingerprint density at radius 3 is 2.73 bits per heavy atom. The van der Waals surface area contributed by atoms with Gasteiger partial charge in [0.15, 0.2) is 5.65 Å². The minimum absolute atomic E-state index is 0.708. The molecular weight excluding hydrogens is 378 g/mol.